The van der Waals surface area contributed by atoms with Gasteiger partial charge >= 0.3 is 0 Å². The van der Waals surface area contributed by atoms with Gasteiger partial charge < -0.3 is 9.80 Å². The summed E-state index contributed by atoms with van der Waals surface area (Å²) in [6.45, 7) is 10.2. The highest BCUT2D eigenvalue weighted by molar-refractivity contribution is 5.78. The Morgan fingerprint density at radius 1 is 1.27 bits per heavy atom. The molecule has 3 rings (SSSR count). The molecule has 6 nitrogen and oxygen atoms in total. The summed E-state index contributed by atoms with van der Waals surface area (Å²) in [5, 5.41) is 4.47. The number of hydrogen-bond donors (Lipinski definition) is 0. The number of carbonyl (C=O) groups is 2. The number of likely N-dealkylation sites (tertiary alicyclic amines) is 2. The Kier molecular flexibility index (Phi) is 5.68. The number of carbonyl (C=O) groups excluding carboxylic acids is 2. The molecule has 2 aliphatic heterocycles. The van der Waals surface area contributed by atoms with Crippen LogP contribution in [0.25, 0.3) is 0 Å². The molecule has 6 heteroatoms. The number of aromatic nitrogens is 2. The van der Waals surface area contributed by atoms with Crippen molar-refractivity contribution in [2.75, 3.05) is 26.2 Å². The summed E-state index contributed by atoms with van der Waals surface area (Å²) in [5.74, 6) is 0.525. The van der Waals surface area contributed by atoms with Gasteiger partial charge in [0.25, 0.3) is 0 Å². The molecule has 0 aliphatic carbocycles. The number of hydrogen-bond acceptors (Lipinski definition) is 3. The second-order valence-corrected chi connectivity index (χ2v) is 8.08. The summed E-state index contributed by atoms with van der Waals surface area (Å²) in [4.78, 5) is 28.8. The maximum Gasteiger partial charge on any atom is 0.222 e. The van der Waals surface area contributed by atoms with Crippen LogP contribution >= 0.6 is 0 Å². The molecular weight excluding hydrogens is 328 g/mol. The molecule has 1 aromatic heterocycles. The molecule has 2 amide bonds. The first-order valence-electron chi connectivity index (χ1n) is 9.99. The van der Waals surface area contributed by atoms with E-state index < -0.39 is 0 Å². The lowest BCUT2D eigenvalue weighted by Crippen LogP contribution is -2.55. The summed E-state index contributed by atoms with van der Waals surface area (Å²) in [5.41, 5.74) is 2.30. The van der Waals surface area contributed by atoms with Crippen molar-refractivity contribution in [1.29, 1.82) is 0 Å². The molecule has 0 bridgehead atoms. The first kappa shape index (κ1) is 18.9. The summed E-state index contributed by atoms with van der Waals surface area (Å²) >= 11 is 0. The van der Waals surface area contributed by atoms with Crippen LogP contribution < -0.4 is 0 Å². The lowest BCUT2D eigenvalue weighted by Gasteiger charge is -2.48. The SMILES string of the molecule is CCN1C[C@@]2(CCCN(C(=O)CCCn3nc(C)cc3C)C2)CCC1=O. The lowest BCUT2D eigenvalue weighted by atomic mass is 9.73. The smallest absolute Gasteiger partial charge is 0.222 e. The quantitative estimate of drug-likeness (QED) is 0.811. The number of piperidine rings is 2. The Morgan fingerprint density at radius 3 is 2.77 bits per heavy atom. The fourth-order valence-electron chi connectivity index (χ4n) is 4.58. The van der Waals surface area contributed by atoms with Crippen LogP contribution in [0.1, 0.15) is 56.8 Å². The second kappa shape index (κ2) is 7.80. The normalized spacial score (nSPS) is 23.7. The minimum Gasteiger partial charge on any atom is -0.342 e. The molecule has 144 valence electrons. The molecule has 0 saturated carbocycles. The van der Waals surface area contributed by atoms with Crippen LogP contribution in [0.5, 0.6) is 0 Å². The maximum atomic E-state index is 12.7. The first-order chi connectivity index (χ1) is 12.4. The van der Waals surface area contributed by atoms with Crippen LogP contribution in [0.3, 0.4) is 0 Å². The van der Waals surface area contributed by atoms with Crippen molar-refractivity contribution in [3.05, 3.63) is 17.5 Å². The Balaban J connectivity index is 1.53. The third-order valence-electron chi connectivity index (χ3n) is 6.01. The fourth-order valence-corrected chi connectivity index (χ4v) is 4.58. The minimum absolute atomic E-state index is 0.119. The Hall–Kier alpha value is -1.85. The molecule has 26 heavy (non-hydrogen) atoms. The molecule has 1 spiro atoms. The zero-order valence-corrected chi connectivity index (χ0v) is 16.5. The largest absolute Gasteiger partial charge is 0.342 e. The Bertz CT molecular complexity index is 669. The van der Waals surface area contributed by atoms with Crippen LogP contribution in [0.4, 0.5) is 0 Å². The van der Waals surface area contributed by atoms with E-state index in [1.54, 1.807) is 0 Å². The molecule has 0 unspecified atom stereocenters. The minimum atomic E-state index is 0.119. The first-order valence-corrected chi connectivity index (χ1v) is 9.99. The van der Waals surface area contributed by atoms with E-state index in [0.717, 1.165) is 69.8 Å². The number of rotatable bonds is 5. The highest BCUT2D eigenvalue weighted by atomic mass is 16.2. The second-order valence-electron chi connectivity index (χ2n) is 8.08. The lowest BCUT2D eigenvalue weighted by molar-refractivity contribution is -0.142. The third kappa shape index (κ3) is 4.10. The molecule has 3 heterocycles. The van der Waals surface area contributed by atoms with Gasteiger partial charge in [-0.15, -0.1) is 0 Å². The topological polar surface area (TPSA) is 58.4 Å². The zero-order chi connectivity index (χ0) is 18.7. The molecule has 1 atom stereocenters. The van der Waals surface area contributed by atoms with Gasteiger partial charge in [0.05, 0.1) is 5.69 Å². The van der Waals surface area contributed by atoms with Gasteiger partial charge in [-0.1, -0.05) is 0 Å². The van der Waals surface area contributed by atoms with E-state index in [1.807, 2.05) is 28.3 Å². The monoisotopic (exact) mass is 360 g/mol. The number of nitrogens with zero attached hydrogens (tertiary/aromatic N) is 4. The molecule has 2 aliphatic rings. The van der Waals surface area contributed by atoms with Gasteiger partial charge in [0.15, 0.2) is 0 Å². The Morgan fingerprint density at radius 2 is 2.08 bits per heavy atom. The number of aryl methyl sites for hydroxylation is 3. The summed E-state index contributed by atoms with van der Waals surface area (Å²) in [6.07, 6.45) is 5.14. The summed E-state index contributed by atoms with van der Waals surface area (Å²) < 4.78 is 1.99. The number of amides is 2. The van der Waals surface area contributed by atoms with Crippen LogP contribution in [0, 0.1) is 19.3 Å². The van der Waals surface area contributed by atoms with E-state index in [-0.39, 0.29) is 17.2 Å². The van der Waals surface area contributed by atoms with E-state index in [0.29, 0.717) is 12.8 Å². The van der Waals surface area contributed by atoms with Crippen molar-refractivity contribution < 1.29 is 9.59 Å². The van der Waals surface area contributed by atoms with Crippen LogP contribution in [-0.2, 0) is 16.1 Å². The maximum absolute atomic E-state index is 12.7. The van der Waals surface area contributed by atoms with Gasteiger partial charge in [0.1, 0.15) is 0 Å². The average molecular weight is 361 g/mol. The molecule has 2 saturated heterocycles. The highest BCUT2D eigenvalue weighted by Gasteiger charge is 2.42. The van der Waals surface area contributed by atoms with E-state index >= 15 is 0 Å². The van der Waals surface area contributed by atoms with E-state index in [2.05, 4.69) is 18.1 Å². The molecule has 0 aromatic carbocycles. The third-order valence-corrected chi connectivity index (χ3v) is 6.01. The predicted molar refractivity (Wildman–Crippen MR) is 101 cm³/mol. The molecule has 0 N–H and O–H groups in total. The van der Waals surface area contributed by atoms with Gasteiger partial charge in [0, 0.05) is 56.7 Å². The Labute approximate surface area is 156 Å². The van der Waals surface area contributed by atoms with Crippen molar-refractivity contribution in [2.24, 2.45) is 5.41 Å². The molecule has 0 radical (unpaired) electrons. The molecular formula is C20H32N4O2. The van der Waals surface area contributed by atoms with Crippen molar-refractivity contribution >= 4 is 11.8 Å². The predicted octanol–water partition coefficient (Wildman–Crippen LogP) is 2.53. The average Bonchev–Trinajstić information content (AvgIpc) is 2.95. The molecule has 1 aromatic rings. The van der Waals surface area contributed by atoms with Crippen molar-refractivity contribution in [3.8, 4) is 0 Å². The van der Waals surface area contributed by atoms with E-state index in [9.17, 15) is 9.59 Å². The highest BCUT2D eigenvalue weighted by Crippen LogP contribution is 2.39. The van der Waals surface area contributed by atoms with E-state index in [4.69, 9.17) is 0 Å². The van der Waals surface area contributed by atoms with Gasteiger partial charge in [-0.25, -0.2) is 0 Å². The van der Waals surface area contributed by atoms with Crippen LogP contribution in [-0.4, -0.2) is 57.6 Å². The van der Waals surface area contributed by atoms with Gasteiger partial charge in [-0.2, -0.15) is 5.10 Å². The molecule has 2 fully saturated rings. The van der Waals surface area contributed by atoms with Crippen LogP contribution in [0.15, 0.2) is 6.07 Å². The van der Waals surface area contributed by atoms with Gasteiger partial charge in [-0.05, 0) is 52.5 Å². The van der Waals surface area contributed by atoms with E-state index in [1.165, 1.54) is 0 Å². The van der Waals surface area contributed by atoms with Gasteiger partial charge in [-0.3, -0.25) is 14.3 Å². The van der Waals surface area contributed by atoms with Gasteiger partial charge in [0.2, 0.25) is 11.8 Å². The standard InChI is InChI=1S/C20H32N4O2/c1-4-22-14-20(10-8-19(22)26)9-6-11-23(15-20)18(25)7-5-12-24-17(3)13-16(2)21-24/h13H,4-12,14-15H2,1-3H3/t20-/m1/s1. The van der Waals surface area contributed by atoms with Crippen molar-refractivity contribution in [2.45, 2.75) is 65.8 Å². The van der Waals surface area contributed by atoms with Crippen molar-refractivity contribution in [3.63, 3.8) is 0 Å². The van der Waals surface area contributed by atoms with Crippen LogP contribution in [0.2, 0.25) is 0 Å². The zero-order valence-electron chi connectivity index (χ0n) is 16.5. The fraction of sp³-hybridized carbons (Fsp3) is 0.750. The summed E-state index contributed by atoms with van der Waals surface area (Å²) in [6, 6.07) is 2.07. The summed E-state index contributed by atoms with van der Waals surface area (Å²) in [7, 11) is 0. The van der Waals surface area contributed by atoms with Crippen molar-refractivity contribution in [1.82, 2.24) is 19.6 Å².